The molecule has 2 saturated heterocycles. The Hall–Kier alpha value is -1.14. The predicted octanol–water partition coefficient (Wildman–Crippen LogP) is -1.05. The molecular weight excluding hydrogens is 188 g/mol. The van der Waals surface area contributed by atoms with Gasteiger partial charge < -0.3 is 14.8 Å². The maximum Gasteiger partial charge on any atom is 0.324 e. The smallest absolute Gasteiger partial charge is 0.324 e. The van der Waals surface area contributed by atoms with Gasteiger partial charge in [-0.1, -0.05) is 0 Å². The molecule has 0 aromatic rings. The number of carbonyl (C=O) groups excluding carboxylic acids is 2. The van der Waals surface area contributed by atoms with Crippen LogP contribution in [-0.4, -0.2) is 55.9 Å². The summed E-state index contributed by atoms with van der Waals surface area (Å²) in [6, 6.07) is -0.343. The number of rotatable bonds is 2. The van der Waals surface area contributed by atoms with E-state index in [0.717, 1.165) is 0 Å². The zero-order valence-corrected chi connectivity index (χ0v) is 7.69. The van der Waals surface area contributed by atoms with E-state index in [9.17, 15) is 9.59 Å². The number of hydrogen-bond acceptors (Lipinski definition) is 4. The fourth-order valence-corrected chi connectivity index (χ4v) is 1.49. The third-order valence-corrected chi connectivity index (χ3v) is 2.21. The molecule has 2 aliphatic heterocycles. The van der Waals surface area contributed by atoms with E-state index in [1.165, 1.54) is 4.90 Å². The van der Waals surface area contributed by atoms with Crippen molar-refractivity contribution in [2.45, 2.75) is 6.10 Å². The molecule has 1 unspecified atom stereocenters. The average Bonchev–Trinajstić information content (AvgIpc) is 2.51. The van der Waals surface area contributed by atoms with E-state index < -0.39 is 0 Å². The maximum atomic E-state index is 11.2. The number of ether oxygens (including phenoxy) is 2. The first-order valence-electron chi connectivity index (χ1n) is 4.55. The van der Waals surface area contributed by atoms with Crippen LogP contribution in [-0.2, 0) is 14.3 Å². The highest BCUT2D eigenvalue weighted by Gasteiger charge is 2.31. The molecular formula is C8H12N2O4. The highest BCUT2D eigenvalue weighted by molar-refractivity contribution is 6.01. The molecule has 1 atom stereocenters. The fraction of sp³-hybridized carbons (Fsp3) is 0.750. The van der Waals surface area contributed by atoms with Crippen LogP contribution >= 0.6 is 0 Å². The summed E-state index contributed by atoms with van der Waals surface area (Å²) in [6.07, 6.45) is -0.184. The number of nitrogens with zero attached hydrogens (tertiary/aromatic N) is 1. The Labute approximate surface area is 81.1 Å². The van der Waals surface area contributed by atoms with Crippen LogP contribution in [0.4, 0.5) is 4.79 Å². The summed E-state index contributed by atoms with van der Waals surface area (Å²) in [7, 11) is 0. The predicted molar refractivity (Wildman–Crippen MR) is 45.7 cm³/mol. The van der Waals surface area contributed by atoms with Crippen LogP contribution in [0.1, 0.15) is 0 Å². The van der Waals surface area contributed by atoms with Crippen LogP contribution < -0.4 is 5.32 Å². The van der Waals surface area contributed by atoms with Crippen molar-refractivity contribution >= 4 is 11.9 Å². The van der Waals surface area contributed by atoms with Gasteiger partial charge >= 0.3 is 6.03 Å². The summed E-state index contributed by atoms with van der Waals surface area (Å²) in [5.41, 5.74) is 0. The van der Waals surface area contributed by atoms with Gasteiger partial charge in [-0.15, -0.1) is 0 Å². The van der Waals surface area contributed by atoms with E-state index in [4.69, 9.17) is 9.47 Å². The molecule has 0 aromatic carbocycles. The minimum atomic E-state index is -0.343. The molecule has 2 heterocycles. The SMILES string of the molecule is O=C1CNC(=O)N1CC1COCCO1. The summed E-state index contributed by atoms with van der Waals surface area (Å²) in [4.78, 5) is 23.5. The third-order valence-electron chi connectivity index (χ3n) is 2.21. The van der Waals surface area contributed by atoms with Gasteiger partial charge in [-0.05, 0) is 0 Å². The first-order valence-corrected chi connectivity index (χ1v) is 4.55. The fourth-order valence-electron chi connectivity index (χ4n) is 1.49. The molecule has 2 rings (SSSR count). The lowest BCUT2D eigenvalue weighted by atomic mass is 10.3. The van der Waals surface area contributed by atoms with Crippen molar-refractivity contribution in [2.24, 2.45) is 0 Å². The maximum absolute atomic E-state index is 11.2. The molecule has 0 aromatic heterocycles. The van der Waals surface area contributed by atoms with E-state index in [2.05, 4.69) is 5.32 Å². The molecule has 6 heteroatoms. The Bertz CT molecular complexity index is 234. The largest absolute Gasteiger partial charge is 0.376 e. The monoisotopic (exact) mass is 200 g/mol. The lowest BCUT2D eigenvalue weighted by molar-refractivity contribution is -0.130. The van der Waals surface area contributed by atoms with Gasteiger partial charge in [0, 0.05) is 0 Å². The standard InChI is InChI=1S/C8H12N2O4/c11-7-3-9-8(12)10(7)4-6-5-13-1-2-14-6/h6H,1-5H2,(H,9,12). The van der Waals surface area contributed by atoms with Crippen molar-refractivity contribution in [3.8, 4) is 0 Å². The summed E-state index contributed by atoms with van der Waals surface area (Å²) >= 11 is 0. The normalized spacial score (nSPS) is 28.0. The van der Waals surface area contributed by atoms with Gasteiger partial charge in [-0.25, -0.2) is 4.79 Å². The van der Waals surface area contributed by atoms with Gasteiger partial charge in [0.25, 0.3) is 0 Å². The molecule has 0 bridgehead atoms. The van der Waals surface area contributed by atoms with Crippen molar-refractivity contribution in [3.05, 3.63) is 0 Å². The van der Waals surface area contributed by atoms with Gasteiger partial charge in [0.1, 0.15) is 0 Å². The Morgan fingerprint density at radius 2 is 2.29 bits per heavy atom. The first-order chi connectivity index (χ1) is 6.77. The van der Waals surface area contributed by atoms with Crippen LogP contribution in [0, 0.1) is 0 Å². The van der Waals surface area contributed by atoms with Crippen LogP contribution in [0.5, 0.6) is 0 Å². The second-order valence-electron chi connectivity index (χ2n) is 3.23. The topological polar surface area (TPSA) is 67.9 Å². The minimum Gasteiger partial charge on any atom is -0.376 e. The van der Waals surface area contributed by atoms with Gasteiger partial charge in [-0.2, -0.15) is 0 Å². The number of carbonyl (C=O) groups is 2. The number of hydrogen-bond donors (Lipinski definition) is 1. The quantitative estimate of drug-likeness (QED) is 0.578. The van der Waals surface area contributed by atoms with Crippen LogP contribution in [0.2, 0.25) is 0 Å². The molecule has 6 nitrogen and oxygen atoms in total. The Balaban J connectivity index is 1.89. The van der Waals surface area contributed by atoms with Crippen molar-refractivity contribution in [3.63, 3.8) is 0 Å². The Morgan fingerprint density at radius 1 is 1.43 bits per heavy atom. The van der Waals surface area contributed by atoms with Crippen molar-refractivity contribution < 1.29 is 19.1 Å². The molecule has 0 aliphatic carbocycles. The molecule has 2 fully saturated rings. The number of amides is 3. The lowest BCUT2D eigenvalue weighted by Crippen LogP contribution is -2.42. The van der Waals surface area contributed by atoms with Crippen LogP contribution in [0.3, 0.4) is 0 Å². The average molecular weight is 200 g/mol. The zero-order chi connectivity index (χ0) is 9.97. The van der Waals surface area contributed by atoms with Crippen molar-refractivity contribution in [2.75, 3.05) is 32.9 Å². The molecule has 1 N–H and O–H groups in total. The minimum absolute atomic E-state index is 0.0897. The van der Waals surface area contributed by atoms with Gasteiger partial charge in [0.2, 0.25) is 5.91 Å². The third kappa shape index (κ3) is 1.85. The summed E-state index contributed by atoms with van der Waals surface area (Å²) in [5, 5.41) is 2.45. The van der Waals surface area contributed by atoms with Gasteiger partial charge in [-0.3, -0.25) is 9.69 Å². The summed E-state index contributed by atoms with van der Waals surface area (Å²) in [6.45, 7) is 1.92. The molecule has 0 saturated carbocycles. The van der Waals surface area contributed by atoms with Crippen LogP contribution in [0.15, 0.2) is 0 Å². The van der Waals surface area contributed by atoms with Crippen molar-refractivity contribution in [1.82, 2.24) is 10.2 Å². The van der Waals surface area contributed by atoms with E-state index in [1.807, 2.05) is 0 Å². The Kier molecular flexibility index (Phi) is 2.64. The van der Waals surface area contributed by atoms with E-state index in [-0.39, 0.29) is 31.1 Å². The second-order valence-corrected chi connectivity index (χ2v) is 3.23. The van der Waals surface area contributed by atoms with E-state index in [0.29, 0.717) is 19.8 Å². The zero-order valence-electron chi connectivity index (χ0n) is 7.69. The molecule has 14 heavy (non-hydrogen) atoms. The molecule has 0 radical (unpaired) electrons. The molecule has 3 amide bonds. The first kappa shape index (κ1) is 9.42. The van der Waals surface area contributed by atoms with E-state index in [1.54, 1.807) is 0 Å². The summed E-state index contributed by atoms with van der Waals surface area (Å²) in [5.74, 6) is -0.204. The number of nitrogens with one attached hydrogen (secondary N) is 1. The Morgan fingerprint density at radius 3 is 2.86 bits per heavy atom. The second kappa shape index (κ2) is 3.93. The van der Waals surface area contributed by atoms with E-state index >= 15 is 0 Å². The van der Waals surface area contributed by atoms with Gasteiger partial charge in [0.15, 0.2) is 0 Å². The van der Waals surface area contributed by atoms with Crippen LogP contribution in [0.25, 0.3) is 0 Å². The van der Waals surface area contributed by atoms with Crippen molar-refractivity contribution in [1.29, 1.82) is 0 Å². The highest BCUT2D eigenvalue weighted by Crippen LogP contribution is 2.06. The molecule has 0 spiro atoms. The molecule has 78 valence electrons. The lowest BCUT2D eigenvalue weighted by Gasteiger charge is -2.25. The number of urea groups is 1. The molecule has 2 aliphatic rings. The highest BCUT2D eigenvalue weighted by atomic mass is 16.6. The number of imide groups is 1. The summed E-state index contributed by atoms with van der Waals surface area (Å²) < 4.78 is 10.5. The van der Waals surface area contributed by atoms with Gasteiger partial charge in [0.05, 0.1) is 39.0 Å².